The van der Waals surface area contributed by atoms with E-state index in [1.807, 2.05) is 73.7 Å². The molecule has 0 saturated heterocycles. The van der Waals surface area contributed by atoms with Gasteiger partial charge in [-0.25, -0.2) is 4.98 Å². The van der Waals surface area contributed by atoms with Gasteiger partial charge in [-0.05, 0) is 32.1 Å². The number of rotatable bonds is 10. The molecule has 0 unspecified atom stereocenters. The van der Waals surface area contributed by atoms with Crippen molar-refractivity contribution in [3.8, 4) is 17.0 Å². The summed E-state index contributed by atoms with van der Waals surface area (Å²) in [5, 5.41) is 3.61. The highest BCUT2D eigenvalue weighted by atomic mass is 32.2. The van der Waals surface area contributed by atoms with E-state index in [4.69, 9.17) is 9.17 Å². The van der Waals surface area contributed by atoms with Crippen molar-refractivity contribution >= 4 is 26.9 Å². The first-order valence-corrected chi connectivity index (χ1v) is 13.8. The number of hydrogen-bond acceptors (Lipinski definition) is 6. The number of carbonyl (C=O) groups excluding carboxylic acids is 1. The second kappa shape index (κ2) is 11.5. The molecule has 0 aliphatic heterocycles. The van der Waals surface area contributed by atoms with Gasteiger partial charge in [0.05, 0.1) is 22.9 Å². The number of carbonyl (C=O) groups is 1. The first-order valence-electron chi connectivity index (χ1n) is 12.2. The summed E-state index contributed by atoms with van der Waals surface area (Å²) in [6, 6.07) is 25.8. The van der Waals surface area contributed by atoms with Gasteiger partial charge in [-0.15, -0.1) is 0 Å². The number of aromatic nitrogens is 1. The number of benzene rings is 3. The molecule has 0 bridgehead atoms. The highest BCUT2D eigenvalue weighted by Gasteiger charge is 2.28. The van der Waals surface area contributed by atoms with E-state index in [1.54, 1.807) is 37.2 Å². The molecule has 1 atom stereocenters. The van der Waals surface area contributed by atoms with Crippen molar-refractivity contribution in [1.29, 1.82) is 0 Å². The standard InChI is InChI=1S/C29H31N3O4S/c1-4-24(21-13-7-5-8-14-21)31-29(33)26-23-17-11-12-18-25(23)30-27(22-15-9-6-10-16-22)28(26)36-37(34,35)20-19-32(2)3/h5-18,24H,4,19-20H2,1-3H3,(H,31,33)/t24-/m0/s1. The molecule has 0 fully saturated rings. The van der Waals surface area contributed by atoms with E-state index in [2.05, 4.69) is 5.32 Å². The molecule has 1 heterocycles. The molecule has 1 aromatic heterocycles. The summed E-state index contributed by atoms with van der Waals surface area (Å²) in [6.45, 7) is 2.26. The minimum Gasteiger partial charge on any atom is -0.379 e. The average molecular weight is 518 g/mol. The van der Waals surface area contributed by atoms with Crippen LogP contribution in [-0.2, 0) is 10.1 Å². The van der Waals surface area contributed by atoms with Crippen molar-refractivity contribution < 1.29 is 17.4 Å². The minimum atomic E-state index is -4.03. The molecule has 0 spiro atoms. The van der Waals surface area contributed by atoms with E-state index in [1.165, 1.54) is 0 Å². The van der Waals surface area contributed by atoms with Crippen LogP contribution in [0.2, 0.25) is 0 Å². The van der Waals surface area contributed by atoms with Gasteiger partial charge >= 0.3 is 10.1 Å². The molecular formula is C29H31N3O4S. The topological polar surface area (TPSA) is 88.6 Å². The largest absolute Gasteiger partial charge is 0.379 e. The van der Waals surface area contributed by atoms with Crippen LogP contribution in [0.25, 0.3) is 22.2 Å². The highest BCUT2D eigenvalue weighted by Crippen LogP contribution is 2.37. The molecule has 3 aromatic carbocycles. The zero-order chi connectivity index (χ0) is 26.4. The first-order chi connectivity index (χ1) is 17.8. The maximum Gasteiger partial charge on any atom is 0.310 e. The van der Waals surface area contributed by atoms with Gasteiger partial charge in [0, 0.05) is 17.5 Å². The molecule has 0 aliphatic rings. The second-order valence-electron chi connectivity index (χ2n) is 9.04. The number of fused-ring (bicyclic) bond motifs is 1. The SMILES string of the molecule is CC[C@H](NC(=O)c1c(OS(=O)(=O)CCN(C)C)c(-c2ccccc2)nc2ccccc12)c1ccccc1. The fourth-order valence-electron chi connectivity index (χ4n) is 4.09. The summed E-state index contributed by atoms with van der Waals surface area (Å²) >= 11 is 0. The summed E-state index contributed by atoms with van der Waals surface area (Å²) in [4.78, 5) is 20.4. The molecule has 7 nitrogen and oxygen atoms in total. The molecule has 1 N–H and O–H groups in total. The Bertz CT molecular complexity index is 1470. The first kappa shape index (κ1) is 26.3. The smallest absolute Gasteiger partial charge is 0.310 e. The lowest BCUT2D eigenvalue weighted by atomic mass is 10.00. The zero-order valence-corrected chi connectivity index (χ0v) is 22.0. The van der Waals surface area contributed by atoms with Gasteiger partial charge in [-0.3, -0.25) is 4.79 Å². The molecule has 8 heteroatoms. The number of pyridine rings is 1. The summed E-state index contributed by atoms with van der Waals surface area (Å²) in [5.41, 5.74) is 2.62. The van der Waals surface area contributed by atoms with E-state index in [-0.39, 0.29) is 29.7 Å². The Morgan fingerprint density at radius 3 is 2.22 bits per heavy atom. The van der Waals surface area contributed by atoms with Crippen LogP contribution in [0.1, 0.15) is 35.3 Å². The van der Waals surface area contributed by atoms with Crippen LogP contribution in [0.3, 0.4) is 0 Å². The van der Waals surface area contributed by atoms with E-state index >= 15 is 0 Å². The molecule has 0 aliphatic carbocycles. The summed E-state index contributed by atoms with van der Waals surface area (Å²) < 4.78 is 31.9. The third kappa shape index (κ3) is 6.34. The molecule has 4 rings (SSSR count). The van der Waals surface area contributed by atoms with E-state index in [0.717, 1.165) is 5.56 Å². The lowest BCUT2D eigenvalue weighted by Crippen LogP contribution is -2.30. The van der Waals surface area contributed by atoms with Crippen LogP contribution in [0.5, 0.6) is 5.75 Å². The fraction of sp³-hybridized carbons (Fsp3) is 0.241. The van der Waals surface area contributed by atoms with Crippen LogP contribution in [0.4, 0.5) is 0 Å². The zero-order valence-electron chi connectivity index (χ0n) is 21.2. The Labute approximate surface area is 218 Å². The number of para-hydroxylation sites is 1. The van der Waals surface area contributed by atoms with Crippen molar-refractivity contribution in [1.82, 2.24) is 15.2 Å². The van der Waals surface area contributed by atoms with Gasteiger partial charge < -0.3 is 14.4 Å². The normalized spacial score (nSPS) is 12.4. The second-order valence-corrected chi connectivity index (χ2v) is 10.7. The third-order valence-corrected chi connectivity index (χ3v) is 7.14. The number of nitrogens with one attached hydrogen (secondary N) is 1. The van der Waals surface area contributed by atoms with Gasteiger partial charge in [0.15, 0.2) is 5.75 Å². The van der Waals surface area contributed by atoms with Crippen molar-refractivity contribution in [2.45, 2.75) is 19.4 Å². The van der Waals surface area contributed by atoms with Crippen LogP contribution >= 0.6 is 0 Å². The van der Waals surface area contributed by atoms with Crippen molar-refractivity contribution in [3.63, 3.8) is 0 Å². The number of nitrogens with zero attached hydrogens (tertiary/aromatic N) is 2. The molecule has 37 heavy (non-hydrogen) atoms. The highest BCUT2D eigenvalue weighted by molar-refractivity contribution is 7.87. The van der Waals surface area contributed by atoms with Crippen molar-refractivity contribution in [2.24, 2.45) is 0 Å². The lowest BCUT2D eigenvalue weighted by Gasteiger charge is -2.21. The van der Waals surface area contributed by atoms with Crippen molar-refractivity contribution in [3.05, 3.63) is 96.1 Å². The quantitative estimate of drug-likeness (QED) is 0.296. The maximum absolute atomic E-state index is 13.9. The third-order valence-electron chi connectivity index (χ3n) is 6.04. The molecular weight excluding hydrogens is 486 g/mol. The summed E-state index contributed by atoms with van der Waals surface area (Å²) in [6.07, 6.45) is 0.654. The Kier molecular flexibility index (Phi) is 8.21. The van der Waals surface area contributed by atoms with Gasteiger partial charge in [0.2, 0.25) is 0 Å². The van der Waals surface area contributed by atoms with Crippen LogP contribution in [-0.4, -0.2) is 50.6 Å². The molecule has 1 amide bonds. The summed E-state index contributed by atoms with van der Waals surface area (Å²) in [7, 11) is -0.458. The molecule has 192 valence electrons. The number of hydrogen-bond donors (Lipinski definition) is 1. The maximum atomic E-state index is 13.9. The predicted octanol–water partition coefficient (Wildman–Crippen LogP) is 5.05. The van der Waals surface area contributed by atoms with E-state index < -0.39 is 16.0 Å². The average Bonchev–Trinajstić information content (AvgIpc) is 2.91. The van der Waals surface area contributed by atoms with Gasteiger partial charge in [0.1, 0.15) is 5.69 Å². The van der Waals surface area contributed by atoms with Gasteiger partial charge in [-0.2, -0.15) is 8.42 Å². The predicted molar refractivity (Wildman–Crippen MR) is 147 cm³/mol. The van der Waals surface area contributed by atoms with Crippen LogP contribution in [0, 0.1) is 0 Å². The lowest BCUT2D eigenvalue weighted by molar-refractivity contribution is 0.0935. The van der Waals surface area contributed by atoms with Gasteiger partial charge in [0.25, 0.3) is 5.91 Å². The van der Waals surface area contributed by atoms with E-state index in [9.17, 15) is 13.2 Å². The van der Waals surface area contributed by atoms with E-state index in [0.29, 0.717) is 28.6 Å². The van der Waals surface area contributed by atoms with Crippen molar-refractivity contribution in [2.75, 3.05) is 26.4 Å². The van der Waals surface area contributed by atoms with Crippen LogP contribution < -0.4 is 9.50 Å². The fourth-order valence-corrected chi connectivity index (χ4v) is 5.18. The van der Waals surface area contributed by atoms with Gasteiger partial charge in [-0.1, -0.05) is 85.8 Å². The molecule has 4 aromatic rings. The van der Waals surface area contributed by atoms with Crippen LogP contribution in [0.15, 0.2) is 84.9 Å². The Morgan fingerprint density at radius 1 is 0.946 bits per heavy atom. The molecule has 0 radical (unpaired) electrons. The monoisotopic (exact) mass is 517 g/mol. The Balaban J connectivity index is 1.90. The summed E-state index contributed by atoms with van der Waals surface area (Å²) in [5.74, 6) is -0.725. The number of amides is 1. The Hall–Kier alpha value is -3.75. The minimum absolute atomic E-state index is 0.0657. The molecule has 0 saturated carbocycles. The Morgan fingerprint density at radius 2 is 1.57 bits per heavy atom.